The molecule has 0 aliphatic heterocycles. The number of nitrogens with zero attached hydrogens (tertiary/aromatic N) is 1. The van der Waals surface area contributed by atoms with Gasteiger partial charge in [-0.3, -0.25) is 10.1 Å². The largest absolute Gasteiger partial charge is 0.496 e. The highest BCUT2D eigenvalue weighted by molar-refractivity contribution is 7.14. The fraction of sp³-hybridized carbons (Fsp3) is 0.273. The minimum atomic E-state index is -0.254. The van der Waals surface area contributed by atoms with E-state index in [1.807, 2.05) is 12.3 Å². The first-order valence-corrected chi connectivity index (χ1v) is 10.0. The number of carbonyl (C=O) groups is 1. The molecule has 0 unspecified atom stereocenters. The van der Waals surface area contributed by atoms with E-state index in [9.17, 15) is 4.79 Å². The van der Waals surface area contributed by atoms with Crippen LogP contribution in [0.3, 0.4) is 0 Å². The fourth-order valence-corrected chi connectivity index (χ4v) is 3.70. The van der Waals surface area contributed by atoms with E-state index in [2.05, 4.69) is 41.5 Å². The summed E-state index contributed by atoms with van der Waals surface area (Å²) >= 11 is 1.40. The molecule has 1 aromatic heterocycles. The van der Waals surface area contributed by atoms with Crippen molar-refractivity contribution in [3.8, 4) is 22.8 Å². The van der Waals surface area contributed by atoms with Crippen LogP contribution in [0.1, 0.15) is 34.8 Å². The van der Waals surface area contributed by atoms with E-state index < -0.39 is 0 Å². The first-order valence-electron chi connectivity index (χ1n) is 9.14. The van der Waals surface area contributed by atoms with Gasteiger partial charge in [0.05, 0.1) is 19.9 Å². The van der Waals surface area contributed by atoms with Gasteiger partial charge < -0.3 is 9.47 Å². The highest BCUT2D eigenvalue weighted by Crippen LogP contribution is 2.30. The van der Waals surface area contributed by atoms with Gasteiger partial charge in [-0.15, -0.1) is 11.3 Å². The van der Waals surface area contributed by atoms with Crippen LogP contribution in [0.4, 0.5) is 5.13 Å². The zero-order chi connectivity index (χ0) is 20.1. The van der Waals surface area contributed by atoms with Gasteiger partial charge in [0, 0.05) is 22.1 Å². The summed E-state index contributed by atoms with van der Waals surface area (Å²) in [5.41, 5.74) is 4.51. The molecule has 1 N–H and O–H groups in total. The van der Waals surface area contributed by atoms with Crippen molar-refractivity contribution in [1.82, 2.24) is 4.98 Å². The fourth-order valence-electron chi connectivity index (χ4n) is 2.98. The number of aromatic nitrogens is 1. The number of hydrogen-bond donors (Lipinski definition) is 1. The second-order valence-electron chi connectivity index (χ2n) is 6.44. The van der Waals surface area contributed by atoms with Crippen LogP contribution < -0.4 is 14.8 Å². The summed E-state index contributed by atoms with van der Waals surface area (Å²) in [5, 5.41) is 5.36. The van der Waals surface area contributed by atoms with E-state index in [0.29, 0.717) is 22.2 Å². The lowest BCUT2D eigenvalue weighted by molar-refractivity contribution is 0.102. The van der Waals surface area contributed by atoms with Crippen LogP contribution in [0.15, 0.2) is 41.8 Å². The van der Waals surface area contributed by atoms with E-state index in [0.717, 1.165) is 29.7 Å². The molecule has 0 saturated heterocycles. The zero-order valence-corrected chi connectivity index (χ0v) is 17.4. The average molecular weight is 397 g/mol. The molecule has 0 atom stereocenters. The maximum absolute atomic E-state index is 12.7. The minimum Gasteiger partial charge on any atom is -0.496 e. The third-order valence-corrected chi connectivity index (χ3v) is 5.29. The number of nitrogens with one attached hydrogen (secondary N) is 1. The van der Waals surface area contributed by atoms with Crippen molar-refractivity contribution in [2.75, 3.05) is 19.5 Å². The van der Waals surface area contributed by atoms with Gasteiger partial charge in [-0.05, 0) is 31.0 Å². The Hall–Kier alpha value is -2.86. The second kappa shape index (κ2) is 8.89. The van der Waals surface area contributed by atoms with E-state index >= 15 is 0 Å². The molecule has 3 rings (SSSR count). The molecule has 5 nitrogen and oxygen atoms in total. The van der Waals surface area contributed by atoms with Crippen molar-refractivity contribution in [2.24, 2.45) is 0 Å². The normalized spacial score (nSPS) is 10.6. The number of anilines is 1. The zero-order valence-electron chi connectivity index (χ0n) is 16.5. The molecule has 2 aromatic carbocycles. The summed E-state index contributed by atoms with van der Waals surface area (Å²) in [6, 6.07) is 11.8. The molecule has 0 aliphatic rings. The molecule has 146 valence electrons. The first-order chi connectivity index (χ1) is 13.5. The Morgan fingerprint density at radius 3 is 2.32 bits per heavy atom. The van der Waals surface area contributed by atoms with E-state index in [1.165, 1.54) is 16.9 Å². The van der Waals surface area contributed by atoms with Crippen molar-refractivity contribution in [3.63, 3.8) is 0 Å². The van der Waals surface area contributed by atoms with Gasteiger partial charge in [-0.1, -0.05) is 37.6 Å². The van der Waals surface area contributed by atoms with E-state index in [1.54, 1.807) is 26.4 Å². The standard InChI is InChI=1S/C22H24N2O3S/c1-5-6-15-7-9-16(10-8-15)18-13-28-22(23-18)24-21(25)17-11-19(26-3)14(2)20(12-17)27-4/h7-13H,5-6H2,1-4H3,(H,23,24,25). The number of benzene rings is 2. The Labute approximate surface area is 169 Å². The van der Waals surface area contributed by atoms with Gasteiger partial charge >= 0.3 is 0 Å². The van der Waals surface area contributed by atoms with Crippen molar-refractivity contribution >= 4 is 22.4 Å². The van der Waals surface area contributed by atoms with Crippen LogP contribution in [0.25, 0.3) is 11.3 Å². The third-order valence-electron chi connectivity index (χ3n) is 4.53. The van der Waals surface area contributed by atoms with Gasteiger partial charge in [0.15, 0.2) is 5.13 Å². The molecule has 28 heavy (non-hydrogen) atoms. The minimum absolute atomic E-state index is 0.254. The number of carbonyl (C=O) groups excluding carboxylic acids is 1. The molecular weight excluding hydrogens is 372 g/mol. The van der Waals surface area contributed by atoms with Crippen LogP contribution in [-0.4, -0.2) is 25.1 Å². The molecule has 0 fully saturated rings. The third kappa shape index (κ3) is 4.34. The predicted octanol–water partition coefficient (Wildman–Crippen LogP) is 5.34. The van der Waals surface area contributed by atoms with Crippen molar-refractivity contribution in [1.29, 1.82) is 0 Å². The monoisotopic (exact) mass is 396 g/mol. The molecule has 6 heteroatoms. The van der Waals surface area contributed by atoms with Crippen molar-refractivity contribution < 1.29 is 14.3 Å². The SMILES string of the molecule is CCCc1ccc(-c2csc(NC(=O)c3cc(OC)c(C)c(OC)c3)n2)cc1. The summed E-state index contributed by atoms with van der Waals surface area (Å²) in [7, 11) is 3.14. The number of methoxy groups -OCH3 is 2. The summed E-state index contributed by atoms with van der Waals surface area (Å²) in [4.78, 5) is 17.2. The lowest BCUT2D eigenvalue weighted by Crippen LogP contribution is -2.12. The quantitative estimate of drug-likeness (QED) is 0.585. The number of amides is 1. The van der Waals surface area contributed by atoms with Gasteiger partial charge in [-0.2, -0.15) is 0 Å². The number of hydrogen-bond acceptors (Lipinski definition) is 5. The second-order valence-corrected chi connectivity index (χ2v) is 7.30. The van der Waals surface area contributed by atoms with Crippen LogP contribution in [-0.2, 0) is 6.42 Å². The molecule has 0 saturated carbocycles. The number of thiazole rings is 1. The van der Waals surface area contributed by atoms with Gasteiger partial charge in [-0.25, -0.2) is 4.98 Å². The predicted molar refractivity (Wildman–Crippen MR) is 114 cm³/mol. The van der Waals surface area contributed by atoms with E-state index in [-0.39, 0.29) is 5.91 Å². The van der Waals surface area contributed by atoms with Crippen LogP contribution >= 0.6 is 11.3 Å². The molecule has 3 aromatic rings. The maximum atomic E-state index is 12.7. The lowest BCUT2D eigenvalue weighted by atomic mass is 10.1. The van der Waals surface area contributed by atoms with Crippen LogP contribution in [0.5, 0.6) is 11.5 Å². The van der Waals surface area contributed by atoms with Gasteiger partial charge in [0.1, 0.15) is 11.5 Å². The summed E-state index contributed by atoms with van der Waals surface area (Å²) in [6.07, 6.45) is 2.20. The van der Waals surface area contributed by atoms with Crippen molar-refractivity contribution in [3.05, 3.63) is 58.5 Å². The van der Waals surface area contributed by atoms with Crippen LogP contribution in [0, 0.1) is 6.92 Å². The molecule has 1 amide bonds. The molecule has 0 bridgehead atoms. The van der Waals surface area contributed by atoms with Crippen molar-refractivity contribution in [2.45, 2.75) is 26.7 Å². The molecular formula is C22H24N2O3S. The Kier molecular flexibility index (Phi) is 6.31. The average Bonchev–Trinajstić information content (AvgIpc) is 3.17. The molecule has 0 spiro atoms. The Balaban J connectivity index is 1.77. The Morgan fingerprint density at radius 1 is 1.11 bits per heavy atom. The molecule has 0 aliphatic carbocycles. The van der Waals surface area contributed by atoms with Gasteiger partial charge in [0.2, 0.25) is 0 Å². The maximum Gasteiger partial charge on any atom is 0.257 e. The lowest BCUT2D eigenvalue weighted by Gasteiger charge is -2.12. The summed E-state index contributed by atoms with van der Waals surface area (Å²) in [5.74, 6) is 0.962. The molecule has 0 radical (unpaired) electrons. The number of ether oxygens (including phenoxy) is 2. The molecule has 1 heterocycles. The Bertz CT molecular complexity index is 939. The summed E-state index contributed by atoms with van der Waals surface area (Å²) in [6.45, 7) is 4.06. The highest BCUT2D eigenvalue weighted by atomic mass is 32.1. The smallest absolute Gasteiger partial charge is 0.257 e. The van der Waals surface area contributed by atoms with Crippen LogP contribution in [0.2, 0.25) is 0 Å². The number of aryl methyl sites for hydroxylation is 1. The van der Waals surface area contributed by atoms with Gasteiger partial charge in [0.25, 0.3) is 5.91 Å². The first kappa shape index (κ1) is 19.9. The topological polar surface area (TPSA) is 60.5 Å². The summed E-state index contributed by atoms with van der Waals surface area (Å²) < 4.78 is 10.7. The highest BCUT2D eigenvalue weighted by Gasteiger charge is 2.15. The number of rotatable bonds is 7. The van der Waals surface area contributed by atoms with E-state index in [4.69, 9.17) is 9.47 Å². The Morgan fingerprint density at radius 2 is 1.75 bits per heavy atom.